The number of hydrogen-bond donors (Lipinski definition) is 1. The monoisotopic (exact) mass is 283 g/mol. The minimum absolute atomic E-state index is 0.172. The lowest BCUT2D eigenvalue weighted by Crippen LogP contribution is -2.33. The van der Waals surface area contributed by atoms with E-state index in [1.165, 1.54) is 0 Å². The highest BCUT2D eigenvalue weighted by molar-refractivity contribution is 6.43. The van der Waals surface area contributed by atoms with E-state index in [-0.39, 0.29) is 6.04 Å². The van der Waals surface area contributed by atoms with Crippen LogP contribution in [0.5, 0.6) is 0 Å². The van der Waals surface area contributed by atoms with Crippen LogP contribution in [0, 0.1) is 13.8 Å². The molecule has 3 rings (SSSR count). The number of aryl methyl sites for hydroxylation is 1. The second-order valence-electron chi connectivity index (χ2n) is 5.37. The number of para-hydroxylation sites is 1. The summed E-state index contributed by atoms with van der Waals surface area (Å²) in [5.74, 6) is -1.03. The lowest BCUT2D eigenvalue weighted by Gasteiger charge is -2.05. The molecule has 0 aliphatic heterocycles. The molecule has 1 amide bonds. The molecule has 0 bridgehead atoms. The van der Waals surface area contributed by atoms with Gasteiger partial charge in [-0.2, -0.15) is 5.10 Å². The van der Waals surface area contributed by atoms with Crippen molar-refractivity contribution in [2.45, 2.75) is 32.7 Å². The number of Topliss-reactive ketones (excluding diaryl/α,β-unsaturated/α-hetero) is 1. The predicted octanol–water partition coefficient (Wildman–Crippen LogP) is 1.95. The third-order valence-electron chi connectivity index (χ3n) is 3.64. The first kappa shape index (κ1) is 13.5. The number of carbonyl (C=O) groups is 2. The SMILES string of the molecule is Cc1nn(-c2ccccc2)c(C)c1C(=O)C(=O)NC1CC1. The van der Waals surface area contributed by atoms with Crippen LogP contribution in [0.3, 0.4) is 0 Å². The standard InChI is InChI=1S/C16H17N3O2/c1-10-14(15(20)16(21)17-12-8-9-12)11(2)19(18-10)13-6-4-3-5-7-13/h3-7,12H,8-9H2,1-2H3,(H,17,21). The third kappa shape index (κ3) is 2.59. The molecule has 2 aromatic rings. The summed E-state index contributed by atoms with van der Waals surface area (Å²) in [7, 11) is 0. The van der Waals surface area contributed by atoms with Gasteiger partial charge in [0.1, 0.15) is 0 Å². The molecule has 0 unspecified atom stereocenters. The van der Waals surface area contributed by atoms with E-state index in [0.717, 1.165) is 18.5 Å². The smallest absolute Gasteiger partial charge is 0.292 e. The van der Waals surface area contributed by atoms with Crippen molar-refractivity contribution in [2.75, 3.05) is 0 Å². The van der Waals surface area contributed by atoms with Crippen molar-refractivity contribution in [3.63, 3.8) is 0 Å². The summed E-state index contributed by atoms with van der Waals surface area (Å²) in [5.41, 5.74) is 2.54. The largest absolute Gasteiger partial charge is 0.346 e. The van der Waals surface area contributed by atoms with E-state index >= 15 is 0 Å². The minimum atomic E-state index is -0.531. The number of aromatic nitrogens is 2. The van der Waals surface area contributed by atoms with Gasteiger partial charge in [-0.25, -0.2) is 4.68 Å². The summed E-state index contributed by atoms with van der Waals surface area (Å²) >= 11 is 0. The van der Waals surface area contributed by atoms with Crippen molar-refractivity contribution < 1.29 is 9.59 Å². The van der Waals surface area contributed by atoms with Crippen LogP contribution in [0.4, 0.5) is 0 Å². The molecule has 1 aromatic carbocycles. The lowest BCUT2D eigenvalue weighted by atomic mass is 10.1. The molecule has 5 heteroatoms. The Bertz CT molecular complexity index is 700. The van der Waals surface area contributed by atoms with Gasteiger partial charge >= 0.3 is 0 Å². The van der Waals surface area contributed by atoms with Gasteiger partial charge in [-0.1, -0.05) is 18.2 Å². The van der Waals surface area contributed by atoms with E-state index in [1.54, 1.807) is 11.6 Å². The fraction of sp³-hybridized carbons (Fsp3) is 0.312. The van der Waals surface area contributed by atoms with Gasteiger partial charge in [0.2, 0.25) is 0 Å². The molecule has 108 valence electrons. The van der Waals surface area contributed by atoms with Crippen LogP contribution in [0.25, 0.3) is 5.69 Å². The fourth-order valence-corrected chi connectivity index (χ4v) is 2.38. The van der Waals surface area contributed by atoms with Crippen LogP contribution in [0.2, 0.25) is 0 Å². The number of benzene rings is 1. The van der Waals surface area contributed by atoms with E-state index in [2.05, 4.69) is 10.4 Å². The maximum atomic E-state index is 12.3. The Labute approximate surface area is 123 Å². The van der Waals surface area contributed by atoms with Gasteiger partial charge in [0, 0.05) is 6.04 Å². The Morgan fingerprint density at radius 2 is 1.86 bits per heavy atom. The van der Waals surface area contributed by atoms with Gasteiger partial charge in [0.05, 0.1) is 22.6 Å². The van der Waals surface area contributed by atoms with Crippen LogP contribution >= 0.6 is 0 Å². The number of amides is 1. The van der Waals surface area contributed by atoms with E-state index in [1.807, 2.05) is 37.3 Å². The Morgan fingerprint density at radius 3 is 2.48 bits per heavy atom. The molecule has 1 aliphatic rings. The molecule has 0 saturated heterocycles. The van der Waals surface area contributed by atoms with Gasteiger partial charge in [-0.3, -0.25) is 9.59 Å². The predicted molar refractivity (Wildman–Crippen MR) is 78.5 cm³/mol. The molecule has 1 aliphatic carbocycles. The molecule has 1 fully saturated rings. The number of carbonyl (C=O) groups excluding carboxylic acids is 2. The van der Waals surface area contributed by atoms with Crippen molar-refractivity contribution in [3.8, 4) is 5.69 Å². The zero-order valence-electron chi connectivity index (χ0n) is 12.1. The number of ketones is 1. The van der Waals surface area contributed by atoms with E-state index in [9.17, 15) is 9.59 Å². The summed E-state index contributed by atoms with van der Waals surface area (Å²) in [6.45, 7) is 3.56. The summed E-state index contributed by atoms with van der Waals surface area (Å²) in [6.07, 6.45) is 1.92. The van der Waals surface area contributed by atoms with Gasteiger partial charge in [0.15, 0.2) is 0 Å². The lowest BCUT2D eigenvalue weighted by molar-refractivity contribution is -0.117. The molecule has 5 nitrogen and oxygen atoms in total. The van der Waals surface area contributed by atoms with Crippen LogP contribution in [-0.2, 0) is 4.79 Å². The molecule has 1 saturated carbocycles. The second-order valence-corrected chi connectivity index (χ2v) is 5.37. The Kier molecular flexibility index (Phi) is 3.33. The number of rotatable bonds is 4. The minimum Gasteiger partial charge on any atom is -0.346 e. The van der Waals surface area contributed by atoms with Gasteiger partial charge in [-0.05, 0) is 38.8 Å². The van der Waals surface area contributed by atoms with Crippen LogP contribution in [-0.4, -0.2) is 27.5 Å². The first-order chi connectivity index (χ1) is 10.1. The average molecular weight is 283 g/mol. The fourth-order valence-electron chi connectivity index (χ4n) is 2.38. The van der Waals surface area contributed by atoms with Crippen molar-refractivity contribution in [1.82, 2.24) is 15.1 Å². The van der Waals surface area contributed by atoms with Crippen LogP contribution in [0.1, 0.15) is 34.6 Å². The summed E-state index contributed by atoms with van der Waals surface area (Å²) in [5, 5.41) is 7.12. The zero-order chi connectivity index (χ0) is 15.0. The maximum Gasteiger partial charge on any atom is 0.292 e. The number of nitrogens with zero attached hydrogens (tertiary/aromatic N) is 2. The number of hydrogen-bond acceptors (Lipinski definition) is 3. The number of nitrogens with one attached hydrogen (secondary N) is 1. The van der Waals surface area contributed by atoms with Crippen molar-refractivity contribution >= 4 is 11.7 Å². The first-order valence-electron chi connectivity index (χ1n) is 7.04. The normalized spacial score (nSPS) is 14.0. The Morgan fingerprint density at radius 1 is 1.19 bits per heavy atom. The molecular formula is C16H17N3O2. The third-order valence-corrected chi connectivity index (χ3v) is 3.64. The van der Waals surface area contributed by atoms with Crippen LogP contribution < -0.4 is 5.32 Å². The summed E-state index contributed by atoms with van der Waals surface area (Å²) in [4.78, 5) is 24.3. The van der Waals surface area contributed by atoms with Gasteiger partial charge < -0.3 is 5.32 Å². The molecular weight excluding hydrogens is 266 g/mol. The van der Waals surface area contributed by atoms with Crippen LogP contribution in [0.15, 0.2) is 30.3 Å². The molecule has 1 N–H and O–H groups in total. The Hall–Kier alpha value is -2.43. The molecule has 21 heavy (non-hydrogen) atoms. The quantitative estimate of drug-likeness (QED) is 0.689. The zero-order valence-corrected chi connectivity index (χ0v) is 12.1. The molecule has 1 aromatic heterocycles. The maximum absolute atomic E-state index is 12.3. The molecule has 0 radical (unpaired) electrons. The van der Waals surface area contributed by atoms with E-state index < -0.39 is 11.7 Å². The Balaban J connectivity index is 1.94. The summed E-state index contributed by atoms with van der Waals surface area (Å²) in [6, 6.07) is 9.74. The van der Waals surface area contributed by atoms with Crippen molar-refractivity contribution in [2.24, 2.45) is 0 Å². The highest BCUT2D eigenvalue weighted by Crippen LogP contribution is 2.21. The highest BCUT2D eigenvalue weighted by atomic mass is 16.2. The van der Waals surface area contributed by atoms with Gasteiger partial charge in [-0.15, -0.1) is 0 Å². The summed E-state index contributed by atoms with van der Waals surface area (Å²) < 4.78 is 1.70. The molecule has 0 atom stereocenters. The van der Waals surface area contributed by atoms with Crippen molar-refractivity contribution in [1.29, 1.82) is 0 Å². The molecule has 0 spiro atoms. The van der Waals surface area contributed by atoms with E-state index in [0.29, 0.717) is 17.0 Å². The highest BCUT2D eigenvalue weighted by Gasteiger charge is 2.30. The molecule has 1 heterocycles. The topological polar surface area (TPSA) is 64.0 Å². The first-order valence-corrected chi connectivity index (χ1v) is 7.04. The van der Waals surface area contributed by atoms with Gasteiger partial charge in [0.25, 0.3) is 11.7 Å². The van der Waals surface area contributed by atoms with Crippen molar-refractivity contribution in [3.05, 3.63) is 47.3 Å². The second kappa shape index (κ2) is 5.16. The van der Waals surface area contributed by atoms with E-state index in [4.69, 9.17) is 0 Å². The average Bonchev–Trinajstić information content (AvgIpc) is 3.24.